The van der Waals surface area contributed by atoms with Gasteiger partial charge in [0.25, 0.3) is 0 Å². The Kier molecular flexibility index (Phi) is 21.7. The standard InChI is InChI=1S/C38H60N8O13/c1-7-18(3)28(43-32(52)23(39)14-15-27(50)51)35(55)41-24(16-22-12-10-9-11-13-22)33(53)45-30(20(5)47)37(57)42-25(17-26(40)49)34(54)44-29(19(4)8-2)36(56)46-31(21(6)48)38(58)59/h9-13,18-21,23-25,28-31,47-48H,7-8,14-17,39H2,1-6H3,(H2,40,49)(H,41,55)(H,42,57)(H,43,52)(H,44,54)(H,45,53)(H,46,56)(H,50,51)(H,58,59)/t18-,19-,20+,21+,23-,24-,25-,28-,29-,30-,31-/m0/s1. The van der Waals surface area contributed by atoms with Crippen molar-refractivity contribution in [3.63, 3.8) is 0 Å². The van der Waals surface area contributed by atoms with Gasteiger partial charge in [-0.15, -0.1) is 0 Å². The lowest BCUT2D eigenvalue weighted by Crippen LogP contribution is -2.63. The first-order chi connectivity index (χ1) is 27.5. The third-order valence-electron chi connectivity index (χ3n) is 9.66. The summed E-state index contributed by atoms with van der Waals surface area (Å²) in [5.74, 6) is -10.8. The molecule has 21 nitrogen and oxygen atoms in total. The minimum atomic E-state index is -1.81. The molecule has 59 heavy (non-hydrogen) atoms. The van der Waals surface area contributed by atoms with E-state index >= 15 is 0 Å². The van der Waals surface area contributed by atoms with Gasteiger partial charge in [-0.3, -0.25) is 38.4 Å². The summed E-state index contributed by atoms with van der Waals surface area (Å²) < 4.78 is 0. The molecule has 0 spiro atoms. The predicted octanol–water partition coefficient (Wildman–Crippen LogP) is -2.86. The van der Waals surface area contributed by atoms with Gasteiger partial charge in [0.2, 0.25) is 41.4 Å². The molecule has 11 atom stereocenters. The van der Waals surface area contributed by atoms with Crippen LogP contribution in [0.4, 0.5) is 0 Å². The molecule has 0 saturated carbocycles. The van der Waals surface area contributed by atoms with Crippen LogP contribution in [-0.2, 0) is 49.6 Å². The lowest BCUT2D eigenvalue weighted by molar-refractivity contribution is -0.145. The molecule has 0 saturated heterocycles. The van der Waals surface area contributed by atoms with Gasteiger partial charge in [0.15, 0.2) is 6.04 Å². The summed E-state index contributed by atoms with van der Waals surface area (Å²) in [4.78, 5) is 116. The van der Waals surface area contributed by atoms with Crippen molar-refractivity contribution in [2.45, 2.75) is 135 Å². The highest BCUT2D eigenvalue weighted by Crippen LogP contribution is 2.13. The number of primary amides is 1. The van der Waals surface area contributed by atoms with Crippen LogP contribution in [0.5, 0.6) is 0 Å². The van der Waals surface area contributed by atoms with Gasteiger partial charge in [0.1, 0.15) is 30.2 Å². The van der Waals surface area contributed by atoms with Crippen LogP contribution in [-0.4, -0.2) is 128 Å². The average molecular weight is 837 g/mol. The summed E-state index contributed by atoms with van der Waals surface area (Å²) in [5, 5.41) is 53.2. The fourth-order valence-electron chi connectivity index (χ4n) is 5.61. The van der Waals surface area contributed by atoms with Crippen LogP contribution in [0, 0.1) is 11.8 Å². The number of hydrogen-bond donors (Lipinski definition) is 12. The number of aliphatic carboxylic acids is 2. The smallest absolute Gasteiger partial charge is 0.328 e. The highest BCUT2D eigenvalue weighted by molar-refractivity contribution is 5.98. The fourth-order valence-corrected chi connectivity index (χ4v) is 5.61. The Morgan fingerprint density at radius 1 is 0.593 bits per heavy atom. The number of hydrogen-bond acceptors (Lipinski definition) is 12. The summed E-state index contributed by atoms with van der Waals surface area (Å²) in [6.07, 6.45) is -4.03. The third kappa shape index (κ3) is 17.4. The molecule has 0 fully saturated rings. The SMILES string of the molecule is CC[C@H](C)[C@H](NC(=O)[C@H](CC(N)=O)NC(=O)[C@@H](NC(=O)[C@H](Cc1ccccc1)NC(=O)[C@@H](NC(=O)[C@@H](N)CCC(=O)O)[C@@H](C)CC)[C@@H](C)O)C(=O)N[C@H](C(=O)O)[C@@H](C)O. The van der Waals surface area contributed by atoms with Gasteiger partial charge in [-0.1, -0.05) is 70.9 Å². The van der Waals surface area contributed by atoms with Gasteiger partial charge in [0, 0.05) is 12.8 Å². The van der Waals surface area contributed by atoms with Gasteiger partial charge in [-0.25, -0.2) is 4.79 Å². The van der Waals surface area contributed by atoms with Gasteiger partial charge in [0.05, 0.1) is 24.7 Å². The van der Waals surface area contributed by atoms with Crippen molar-refractivity contribution < 1.29 is 63.6 Å². The zero-order valence-corrected chi connectivity index (χ0v) is 34.1. The van der Waals surface area contributed by atoms with Gasteiger partial charge in [-0.2, -0.15) is 0 Å². The van der Waals surface area contributed by atoms with Gasteiger partial charge < -0.3 is 63.8 Å². The molecule has 0 aliphatic rings. The number of carbonyl (C=O) groups excluding carboxylic acids is 7. The second-order valence-corrected chi connectivity index (χ2v) is 14.6. The van der Waals surface area contributed by atoms with E-state index in [1.165, 1.54) is 0 Å². The first-order valence-corrected chi connectivity index (χ1v) is 19.2. The van der Waals surface area contributed by atoms with E-state index < -0.39 is 132 Å². The predicted molar refractivity (Wildman–Crippen MR) is 210 cm³/mol. The number of aliphatic hydroxyl groups excluding tert-OH is 2. The molecule has 1 rings (SSSR count). The largest absolute Gasteiger partial charge is 0.481 e. The minimum Gasteiger partial charge on any atom is -0.481 e. The normalized spacial score (nSPS) is 16.7. The van der Waals surface area contributed by atoms with E-state index in [2.05, 4.69) is 31.9 Å². The Morgan fingerprint density at radius 3 is 1.47 bits per heavy atom. The number of carbonyl (C=O) groups is 9. The molecule has 21 heteroatoms. The van der Waals surface area contributed by atoms with Crippen LogP contribution < -0.4 is 43.4 Å². The molecule has 14 N–H and O–H groups in total. The maximum atomic E-state index is 13.9. The molecule has 0 aliphatic heterocycles. The second kappa shape index (κ2) is 25.0. The average Bonchev–Trinajstić information content (AvgIpc) is 3.17. The van der Waals surface area contributed by atoms with Crippen LogP contribution >= 0.6 is 0 Å². The zero-order chi connectivity index (χ0) is 45.1. The number of carboxylic acid groups (broad SMARTS) is 2. The summed E-state index contributed by atoms with van der Waals surface area (Å²) in [6.45, 7) is 8.92. The number of amides is 7. The molecular weight excluding hydrogens is 776 g/mol. The zero-order valence-electron chi connectivity index (χ0n) is 34.1. The highest BCUT2D eigenvalue weighted by atomic mass is 16.4. The maximum absolute atomic E-state index is 13.9. The van der Waals surface area contributed by atoms with Crippen molar-refractivity contribution in [1.82, 2.24) is 31.9 Å². The van der Waals surface area contributed by atoms with Gasteiger partial charge in [-0.05, 0) is 37.7 Å². The van der Waals surface area contributed by atoms with Crippen molar-refractivity contribution in [2.75, 3.05) is 0 Å². The molecule has 0 bridgehead atoms. The number of benzene rings is 1. The lowest BCUT2D eigenvalue weighted by atomic mass is 9.96. The summed E-state index contributed by atoms with van der Waals surface area (Å²) >= 11 is 0. The number of carboxylic acids is 2. The Morgan fingerprint density at radius 2 is 1.02 bits per heavy atom. The minimum absolute atomic E-state index is 0.143. The summed E-state index contributed by atoms with van der Waals surface area (Å²) in [6, 6.07) is -2.26. The van der Waals surface area contributed by atoms with Crippen LogP contribution in [0.25, 0.3) is 0 Å². The first-order valence-electron chi connectivity index (χ1n) is 19.2. The van der Waals surface area contributed by atoms with Crippen LogP contribution in [0.2, 0.25) is 0 Å². The van der Waals surface area contributed by atoms with Crippen LogP contribution in [0.3, 0.4) is 0 Å². The van der Waals surface area contributed by atoms with Crippen molar-refractivity contribution in [2.24, 2.45) is 23.3 Å². The molecule has 7 amide bonds. The van der Waals surface area contributed by atoms with Crippen LogP contribution in [0.15, 0.2) is 30.3 Å². The van der Waals surface area contributed by atoms with Crippen molar-refractivity contribution in [1.29, 1.82) is 0 Å². The first kappa shape index (κ1) is 51.3. The van der Waals surface area contributed by atoms with E-state index in [4.69, 9.17) is 16.6 Å². The lowest BCUT2D eigenvalue weighted by Gasteiger charge is -2.30. The molecule has 330 valence electrons. The van der Waals surface area contributed by atoms with E-state index in [1.54, 1.807) is 58.0 Å². The maximum Gasteiger partial charge on any atom is 0.328 e. The number of rotatable bonds is 26. The fraction of sp³-hybridized carbons (Fsp3) is 0.605. The number of nitrogens with two attached hydrogens (primary N) is 2. The van der Waals surface area contributed by atoms with E-state index in [-0.39, 0.29) is 12.8 Å². The van der Waals surface area contributed by atoms with E-state index in [0.717, 1.165) is 13.8 Å². The molecule has 0 radical (unpaired) electrons. The van der Waals surface area contributed by atoms with Crippen molar-refractivity contribution >= 4 is 53.3 Å². The molecule has 1 aromatic rings. The van der Waals surface area contributed by atoms with E-state index in [9.17, 15) is 58.5 Å². The molecule has 0 aromatic heterocycles. The quantitative estimate of drug-likeness (QED) is 0.0447. The number of aliphatic hydroxyl groups is 2. The van der Waals surface area contributed by atoms with Gasteiger partial charge >= 0.3 is 11.9 Å². The van der Waals surface area contributed by atoms with Crippen molar-refractivity contribution in [3.8, 4) is 0 Å². The Labute approximate surface area is 342 Å². The molecule has 0 aliphatic carbocycles. The summed E-state index contributed by atoms with van der Waals surface area (Å²) in [7, 11) is 0. The topological polar surface area (TPSA) is 359 Å². The molecular formula is C38H60N8O13. The number of nitrogens with one attached hydrogen (secondary N) is 6. The molecule has 1 aromatic carbocycles. The second-order valence-electron chi connectivity index (χ2n) is 14.6. The van der Waals surface area contributed by atoms with E-state index in [1.807, 2.05) is 0 Å². The Hall–Kier alpha value is -5.67. The monoisotopic (exact) mass is 836 g/mol. The molecule has 0 unspecified atom stereocenters. The third-order valence-corrected chi connectivity index (χ3v) is 9.66. The Bertz CT molecular complexity index is 1630. The van der Waals surface area contributed by atoms with Crippen LogP contribution in [0.1, 0.15) is 79.2 Å². The highest BCUT2D eigenvalue weighted by Gasteiger charge is 2.37. The summed E-state index contributed by atoms with van der Waals surface area (Å²) in [5.41, 5.74) is 11.8. The van der Waals surface area contributed by atoms with E-state index in [0.29, 0.717) is 18.4 Å². The Balaban J connectivity index is 3.42. The molecule has 0 heterocycles. The van der Waals surface area contributed by atoms with Crippen molar-refractivity contribution in [3.05, 3.63) is 35.9 Å².